The maximum atomic E-state index is 12.3. The second kappa shape index (κ2) is 5.46. The fraction of sp³-hybridized carbons (Fsp3) is 0.143. The van der Waals surface area contributed by atoms with Crippen LogP contribution >= 0.6 is 0 Å². The van der Waals surface area contributed by atoms with E-state index in [1.165, 1.54) is 0 Å². The van der Waals surface area contributed by atoms with Crippen LogP contribution in [-0.2, 0) is 13.3 Å². The molecule has 0 aliphatic heterocycles. The van der Waals surface area contributed by atoms with Crippen LogP contribution in [0.25, 0.3) is 0 Å². The molecule has 0 atom stereocenters. The first-order valence-electron chi connectivity index (χ1n) is 5.34. The Hall–Kier alpha value is -1.87. The van der Waals surface area contributed by atoms with Crippen LogP contribution in [0.3, 0.4) is 0 Å². The van der Waals surface area contributed by atoms with E-state index in [0.29, 0.717) is 17.1 Å². The first kappa shape index (κ1) is 11.6. The third kappa shape index (κ3) is 3.04. The number of alkyl halides is 1. The Morgan fingerprint density at radius 3 is 2.35 bits per heavy atom. The van der Waals surface area contributed by atoms with Crippen molar-refractivity contribution in [2.75, 3.05) is 0 Å². The molecule has 0 bridgehead atoms. The molecule has 1 N–H and O–H groups in total. The van der Waals surface area contributed by atoms with Gasteiger partial charge in [-0.2, -0.15) is 0 Å². The van der Waals surface area contributed by atoms with E-state index in [9.17, 15) is 4.39 Å². The molecule has 2 rings (SSSR count). The number of halogens is 1. The van der Waals surface area contributed by atoms with E-state index in [4.69, 9.17) is 9.84 Å². The fourth-order valence-electron chi connectivity index (χ4n) is 1.49. The van der Waals surface area contributed by atoms with Crippen molar-refractivity contribution in [3.8, 4) is 11.5 Å². The van der Waals surface area contributed by atoms with Gasteiger partial charge in [0, 0.05) is 0 Å². The van der Waals surface area contributed by atoms with Crippen molar-refractivity contribution in [1.82, 2.24) is 0 Å². The van der Waals surface area contributed by atoms with Gasteiger partial charge < -0.3 is 9.84 Å². The van der Waals surface area contributed by atoms with Crippen LogP contribution in [0, 0.1) is 0 Å². The maximum Gasteiger partial charge on any atom is 0.127 e. The Balaban J connectivity index is 2.13. The number of ether oxygens (including phenoxy) is 1. The lowest BCUT2D eigenvalue weighted by molar-refractivity contribution is 0.281. The fourth-order valence-corrected chi connectivity index (χ4v) is 1.49. The summed E-state index contributed by atoms with van der Waals surface area (Å²) in [4.78, 5) is 0. The predicted octanol–water partition coefficient (Wildman–Crippen LogP) is 3.44. The third-order valence-corrected chi connectivity index (χ3v) is 2.39. The first-order valence-corrected chi connectivity index (χ1v) is 5.34. The molecule has 0 radical (unpaired) electrons. The average Bonchev–Trinajstić information content (AvgIpc) is 2.40. The topological polar surface area (TPSA) is 29.5 Å². The molecule has 17 heavy (non-hydrogen) atoms. The van der Waals surface area contributed by atoms with E-state index in [-0.39, 0.29) is 6.61 Å². The predicted molar refractivity (Wildman–Crippen MR) is 63.7 cm³/mol. The van der Waals surface area contributed by atoms with Gasteiger partial charge in [0.15, 0.2) is 0 Å². The number of aliphatic hydroxyl groups excluding tert-OH is 1. The summed E-state index contributed by atoms with van der Waals surface area (Å²) in [6.45, 7) is -0.488. The normalized spacial score (nSPS) is 10.2. The quantitative estimate of drug-likeness (QED) is 0.875. The molecule has 0 amide bonds. The van der Waals surface area contributed by atoms with E-state index in [0.717, 1.165) is 5.56 Å². The van der Waals surface area contributed by atoms with Crippen LogP contribution in [0.2, 0.25) is 0 Å². The van der Waals surface area contributed by atoms with Crippen LogP contribution < -0.4 is 4.74 Å². The largest absolute Gasteiger partial charge is 0.457 e. The molecule has 0 unspecified atom stereocenters. The molecule has 0 aromatic heterocycles. The van der Waals surface area contributed by atoms with Gasteiger partial charge in [0.2, 0.25) is 0 Å². The summed E-state index contributed by atoms with van der Waals surface area (Å²) in [6.07, 6.45) is 0. The molecule has 3 heteroatoms. The SMILES string of the molecule is OCc1cccc(Oc2ccc(CF)cc2)c1. The Kier molecular flexibility index (Phi) is 3.73. The highest BCUT2D eigenvalue weighted by Crippen LogP contribution is 2.22. The summed E-state index contributed by atoms with van der Waals surface area (Å²) in [5.74, 6) is 1.31. The van der Waals surface area contributed by atoms with Gasteiger partial charge in [-0.05, 0) is 35.4 Å². The molecule has 0 saturated carbocycles. The molecule has 88 valence electrons. The van der Waals surface area contributed by atoms with Crippen LogP contribution in [0.1, 0.15) is 11.1 Å². The number of aliphatic hydroxyl groups is 1. The zero-order valence-electron chi connectivity index (χ0n) is 9.27. The third-order valence-electron chi connectivity index (χ3n) is 2.39. The van der Waals surface area contributed by atoms with Crippen molar-refractivity contribution in [3.63, 3.8) is 0 Å². The summed E-state index contributed by atoms with van der Waals surface area (Å²) in [6, 6.07) is 14.0. The minimum absolute atomic E-state index is 0.0159. The lowest BCUT2D eigenvalue weighted by atomic mass is 10.2. The van der Waals surface area contributed by atoms with Crippen molar-refractivity contribution in [2.45, 2.75) is 13.3 Å². The summed E-state index contributed by atoms with van der Waals surface area (Å²) in [5.41, 5.74) is 1.42. The van der Waals surface area contributed by atoms with E-state index >= 15 is 0 Å². The second-order valence-electron chi connectivity index (χ2n) is 3.69. The first-order chi connectivity index (χ1) is 8.31. The number of benzene rings is 2. The highest BCUT2D eigenvalue weighted by molar-refractivity contribution is 5.34. The van der Waals surface area contributed by atoms with Gasteiger partial charge in [0.1, 0.15) is 18.2 Å². The molecule has 2 aromatic rings. The average molecular weight is 232 g/mol. The Bertz CT molecular complexity index is 480. The van der Waals surface area contributed by atoms with Crippen molar-refractivity contribution in [2.24, 2.45) is 0 Å². The molecule has 2 aromatic carbocycles. The standard InChI is InChI=1S/C14H13FO2/c15-9-11-4-6-13(7-5-11)17-14-3-1-2-12(8-14)10-16/h1-8,16H,9-10H2. The van der Waals surface area contributed by atoms with Crippen molar-refractivity contribution in [1.29, 1.82) is 0 Å². The number of hydrogen-bond donors (Lipinski definition) is 1. The van der Waals surface area contributed by atoms with Crippen molar-refractivity contribution < 1.29 is 14.2 Å². The van der Waals surface area contributed by atoms with Gasteiger partial charge in [-0.3, -0.25) is 0 Å². The summed E-state index contributed by atoms with van der Waals surface area (Å²) >= 11 is 0. The number of hydrogen-bond acceptors (Lipinski definition) is 2. The van der Waals surface area contributed by atoms with Crippen LogP contribution in [0.4, 0.5) is 4.39 Å². The van der Waals surface area contributed by atoms with Gasteiger partial charge >= 0.3 is 0 Å². The zero-order valence-corrected chi connectivity index (χ0v) is 9.27. The molecule has 2 nitrogen and oxygen atoms in total. The van der Waals surface area contributed by atoms with Gasteiger partial charge in [0.25, 0.3) is 0 Å². The van der Waals surface area contributed by atoms with Crippen molar-refractivity contribution in [3.05, 3.63) is 59.7 Å². The van der Waals surface area contributed by atoms with Gasteiger partial charge in [-0.1, -0.05) is 24.3 Å². The molecule has 0 saturated heterocycles. The minimum atomic E-state index is -0.472. The Morgan fingerprint density at radius 2 is 1.71 bits per heavy atom. The molecule has 0 aliphatic rings. The Morgan fingerprint density at radius 1 is 0.941 bits per heavy atom. The van der Waals surface area contributed by atoms with Crippen LogP contribution in [0.15, 0.2) is 48.5 Å². The maximum absolute atomic E-state index is 12.3. The summed E-state index contributed by atoms with van der Waals surface area (Å²) in [7, 11) is 0. The molecule has 0 heterocycles. The molecular weight excluding hydrogens is 219 g/mol. The van der Waals surface area contributed by atoms with Gasteiger partial charge in [-0.15, -0.1) is 0 Å². The highest BCUT2D eigenvalue weighted by Gasteiger charge is 1.99. The summed E-state index contributed by atoms with van der Waals surface area (Å²) < 4.78 is 17.9. The van der Waals surface area contributed by atoms with E-state index in [1.54, 1.807) is 30.3 Å². The second-order valence-corrected chi connectivity index (χ2v) is 3.69. The smallest absolute Gasteiger partial charge is 0.127 e. The number of rotatable bonds is 4. The Labute approximate surface area is 99.3 Å². The monoisotopic (exact) mass is 232 g/mol. The lowest BCUT2D eigenvalue weighted by Gasteiger charge is -2.07. The van der Waals surface area contributed by atoms with Crippen LogP contribution in [-0.4, -0.2) is 5.11 Å². The molecule has 0 aliphatic carbocycles. The van der Waals surface area contributed by atoms with Gasteiger partial charge in [0.05, 0.1) is 6.61 Å². The lowest BCUT2D eigenvalue weighted by Crippen LogP contribution is -1.87. The highest BCUT2D eigenvalue weighted by atomic mass is 19.1. The van der Waals surface area contributed by atoms with Crippen LogP contribution in [0.5, 0.6) is 11.5 Å². The molecule has 0 fully saturated rings. The van der Waals surface area contributed by atoms with Gasteiger partial charge in [-0.25, -0.2) is 4.39 Å². The minimum Gasteiger partial charge on any atom is -0.457 e. The zero-order chi connectivity index (χ0) is 12.1. The van der Waals surface area contributed by atoms with Crippen molar-refractivity contribution >= 4 is 0 Å². The van der Waals surface area contributed by atoms with E-state index in [1.807, 2.05) is 18.2 Å². The van der Waals surface area contributed by atoms with E-state index in [2.05, 4.69) is 0 Å². The summed E-state index contributed by atoms with van der Waals surface area (Å²) in [5, 5.41) is 9.00. The molecular formula is C14H13FO2. The molecule has 0 spiro atoms. The van der Waals surface area contributed by atoms with E-state index < -0.39 is 6.67 Å².